The van der Waals surface area contributed by atoms with Crippen LogP contribution in [0.5, 0.6) is 5.75 Å². The zero-order chi connectivity index (χ0) is 20.8. The smallest absolute Gasteiger partial charge is 0.255 e. The van der Waals surface area contributed by atoms with Gasteiger partial charge in [0, 0.05) is 50.3 Å². The number of carbonyl (C=O) groups excluding carboxylic acids is 2. The molecule has 2 aromatic rings. The maximum atomic E-state index is 13.0. The Balaban J connectivity index is 1.73. The average Bonchev–Trinajstić information content (AvgIpc) is 2.74. The van der Waals surface area contributed by atoms with E-state index in [0.29, 0.717) is 29.4 Å². The Bertz CT molecular complexity index is 852. The molecule has 1 aliphatic rings. The molecule has 0 radical (unpaired) electrons. The van der Waals surface area contributed by atoms with E-state index in [1.54, 1.807) is 37.5 Å². The van der Waals surface area contributed by atoms with Crippen molar-refractivity contribution < 1.29 is 14.3 Å². The Kier molecular flexibility index (Phi) is 7.09. The lowest BCUT2D eigenvalue weighted by atomic mass is 10.0. The van der Waals surface area contributed by atoms with E-state index >= 15 is 0 Å². The van der Waals surface area contributed by atoms with E-state index in [4.69, 9.17) is 16.3 Å². The molecular formula is C22H26ClN3O3. The Morgan fingerprint density at radius 2 is 1.93 bits per heavy atom. The molecule has 0 saturated carbocycles. The molecule has 0 spiro atoms. The number of ether oxygens (including phenoxy) is 1. The van der Waals surface area contributed by atoms with Gasteiger partial charge >= 0.3 is 0 Å². The van der Waals surface area contributed by atoms with Crippen LogP contribution in [-0.4, -0.2) is 40.9 Å². The van der Waals surface area contributed by atoms with Gasteiger partial charge in [-0.3, -0.25) is 14.6 Å². The number of pyridine rings is 1. The third-order valence-electron chi connectivity index (χ3n) is 5.19. The van der Waals surface area contributed by atoms with Crippen molar-refractivity contribution in [1.82, 2.24) is 15.2 Å². The molecule has 1 N–H and O–H groups in total. The molecule has 6 nitrogen and oxygen atoms in total. The van der Waals surface area contributed by atoms with E-state index in [1.165, 1.54) is 0 Å². The number of likely N-dealkylation sites (tertiary alicyclic amines) is 1. The number of hydrogen-bond acceptors (Lipinski definition) is 4. The first-order valence-corrected chi connectivity index (χ1v) is 10.3. The second kappa shape index (κ2) is 9.74. The van der Waals surface area contributed by atoms with Gasteiger partial charge in [-0.25, -0.2) is 0 Å². The maximum Gasteiger partial charge on any atom is 0.255 e. The van der Waals surface area contributed by atoms with Crippen LogP contribution in [0.3, 0.4) is 0 Å². The average molecular weight is 416 g/mol. The van der Waals surface area contributed by atoms with Crippen LogP contribution in [0.25, 0.3) is 0 Å². The Morgan fingerprint density at radius 3 is 2.55 bits per heavy atom. The van der Waals surface area contributed by atoms with Crippen LogP contribution in [-0.2, 0) is 4.79 Å². The molecule has 1 saturated heterocycles. The van der Waals surface area contributed by atoms with Crippen molar-refractivity contribution in [1.29, 1.82) is 0 Å². The highest BCUT2D eigenvalue weighted by Crippen LogP contribution is 2.27. The summed E-state index contributed by atoms with van der Waals surface area (Å²) in [4.78, 5) is 30.4. The fraction of sp³-hybridized carbons (Fsp3) is 0.409. The maximum absolute atomic E-state index is 13.0. The van der Waals surface area contributed by atoms with Crippen molar-refractivity contribution in [3.8, 4) is 5.75 Å². The summed E-state index contributed by atoms with van der Waals surface area (Å²) < 4.78 is 6.14. The number of benzene rings is 1. The van der Waals surface area contributed by atoms with Gasteiger partial charge in [0.05, 0.1) is 11.6 Å². The molecule has 0 bridgehead atoms. The van der Waals surface area contributed by atoms with Gasteiger partial charge in [0.15, 0.2) is 0 Å². The molecule has 0 aliphatic carbocycles. The van der Waals surface area contributed by atoms with Crippen LogP contribution in [0.1, 0.15) is 55.1 Å². The quantitative estimate of drug-likeness (QED) is 0.773. The highest BCUT2D eigenvalue weighted by atomic mass is 35.5. The van der Waals surface area contributed by atoms with E-state index < -0.39 is 0 Å². The number of amides is 2. The zero-order valence-electron chi connectivity index (χ0n) is 16.7. The summed E-state index contributed by atoms with van der Waals surface area (Å²) in [5, 5.41) is 3.55. The van der Waals surface area contributed by atoms with Crippen LogP contribution >= 0.6 is 11.6 Å². The first-order valence-electron chi connectivity index (χ1n) is 9.90. The minimum absolute atomic E-state index is 0.0412. The number of aromatic nitrogens is 1. The largest absolute Gasteiger partial charge is 0.489 e. The molecule has 1 aromatic heterocycles. The molecule has 29 heavy (non-hydrogen) atoms. The van der Waals surface area contributed by atoms with Crippen LogP contribution in [0.15, 0.2) is 42.7 Å². The van der Waals surface area contributed by atoms with E-state index in [1.807, 2.05) is 24.0 Å². The van der Waals surface area contributed by atoms with E-state index in [-0.39, 0.29) is 24.0 Å². The van der Waals surface area contributed by atoms with Crippen LogP contribution in [0.4, 0.5) is 0 Å². The summed E-state index contributed by atoms with van der Waals surface area (Å²) in [7, 11) is 0. The highest BCUT2D eigenvalue weighted by Gasteiger charge is 2.24. The van der Waals surface area contributed by atoms with E-state index in [0.717, 1.165) is 24.8 Å². The van der Waals surface area contributed by atoms with Crippen molar-refractivity contribution in [2.45, 2.75) is 45.3 Å². The van der Waals surface area contributed by atoms with Gasteiger partial charge < -0.3 is 15.0 Å². The number of nitrogens with one attached hydrogen (secondary N) is 1. The SMILES string of the molecule is CCC(NC(=O)c1cc(Cl)ccc1OC1CCN(C(C)=O)CC1)c1ccncc1. The first kappa shape index (κ1) is 21.1. The number of piperidine rings is 1. The lowest BCUT2D eigenvalue weighted by molar-refractivity contribution is -0.130. The van der Waals surface area contributed by atoms with Gasteiger partial charge in [-0.15, -0.1) is 0 Å². The second-order valence-electron chi connectivity index (χ2n) is 7.18. The topological polar surface area (TPSA) is 71.5 Å². The monoisotopic (exact) mass is 415 g/mol. The molecule has 2 amide bonds. The summed E-state index contributed by atoms with van der Waals surface area (Å²) in [6, 6.07) is 8.76. The van der Waals surface area contributed by atoms with E-state index in [2.05, 4.69) is 10.3 Å². The van der Waals surface area contributed by atoms with Crippen LogP contribution in [0.2, 0.25) is 5.02 Å². The highest BCUT2D eigenvalue weighted by molar-refractivity contribution is 6.31. The molecule has 1 atom stereocenters. The molecule has 2 heterocycles. The van der Waals surface area contributed by atoms with Gasteiger partial charge in [0.1, 0.15) is 11.9 Å². The fourth-order valence-electron chi connectivity index (χ4n) is 3.50. The van der Waals surface area contributed by atoms with Gasteiger partial charge in [0.25, 0.3) is 5.91 Å². The minimum Gasteiger partial charge on any atom is -0.489 e. The minimum atomic E-state index is -0.229. The van der Waals surface area contributed by atoms with Crippen molar-refractivity contribution in [3.63, 3.8) is 0 Å². The van der Waals surface area contributed by atoms with Crippen molar-refractivity contribution in [3.05, 3.63) is 58.9 Å². The first-order chi connectivity index (χ1) is 14.0. The predicted octanol–water partition coefficient (Wildman–Crippen LogP) is 4.01. The van der Waals surface area contributed by atoms with Crippen LogP contribution < -0.4 is 10.1 Å². The Hall–Kier alpha value is -2.60. The van der Waals surface area contributed by atoms with Crippen LogP contribution in [0, 0.1) is 0 Å². The summed E-state index contributed by atoms with van der Waals surface area (Å²) in [6.45, 7) is 4.92. The summed E-state index contributed by atoms with van der Waals surface area (Å²) in [5.74, 6) is 0.363. The molecule has 154 valence electrons. The van der Waals surface area contributed by atoms with E-state index in [9.17, 15) is 9.59 Å². The number of halogens is 1. The third-order valence-corrected chi connectivity index (χ3v) is 5.42. The summed E-state index contributed by atoms with van der Waals surface area (Å²) >= 11 is 6.16. The van der Waals surface area contributed by atoms with Crippen molar-refractivity contribution in [2.75, 3.05) is 13.1 Å². The lowest BCUT2D eigenvalue weighted by Crippen LogP contribution is -2.40. The number of nitrogens with zero attached hydrogens (tertiary/aromatic N) is 2. The lowest BCUT2D eigenvalue weighted by Gasteiger charge is -2.32. The molecule has 1 aromatic carbocycles. The fourth-order valence-corrected chi connectivity index (χ4v) is 3.68. The van der Waals surface area contributed by atoms with Gasteiger partial charge in [-0.2, -0.15) is 0 Å². The van der Waals surface area contributed by atoms with Gasteiger partial charge in [-0.1, -0.05) is 18.5 Å². The molecule has 1 aliphatic heterocycles. The molecule has 7 heteroatoms. The summed E-state index contributed by atoms with van der Waals surface area (Å²) in [6.07, 6.45) is 5.60. The predicted molar refractivity (Wildman–Crippen MR) is 112 cm³/mol. The Labute approximate surface area is 176 Å². The number of carbonyl (C=O) groups is 2. The molecule has 3 rings (SSSR count). The van der Waals surface area contributed by atoms with Gasteiger partial charge in [0.2, 0.25) is 5.91 Å². The second-order valence-corrected chi connectivity index (χ2v) is 7.62. The third kappa shape index (κ3) is 5.48. The van der Waals surface area contributed by atoms with Gasteiger partial charge in [-0.05, 0) is 42.3 Å². The standard InChI is InChI=1S/C22H26ClN3O3/c1-3-20(16-6-10-24-11-7-16)25-22(28)19-14-17(23)4-5-21(19)29-18-8-12-26(13-9-18)15(2)27/h4-7,10-11,14,18,20H,3,8-9,12-13H2,1-2H3,(H,25,28). The summed E-state index contributed by atoms with van der Waals surface area (Å²) in [5.41, 5.74) is 1.41. The molecule has 1 fully saturated rings. The normalized spacial score (nSPS) is 15.6. The zero-order valence-corrected chi connectivity index (χ0v) is 17.5. The Morgan fingerprint density at radius 1 is 1.24 bits per heavy atom. The number of rotatable bonds is 6. The van der Waals surface area contributed by atoms with Crippen molar-refractivity contribution in [2.24, 2.45) is 0 Å². The number of hydrogen-bond donors (Lipinski definition) is 1. The molecular weight excluding hydrogens is 390 g/mol. The van der Waals surface area contributed by atoms with Crippen molar-refractivity contribution >= 4 is 23.4 Å². The molecule has 1 unspecified atom stereocenters.